The topological polar surface area (TPSA) is 78.4 Å². The molecule has 4 heterocycles. The standard InChI is InChI=1S/C25H24F2N8/c1-13-9-16(10-14(2)23(13)26)35-25(22-15(3)28-8-7-18(22)31-35)19-12-34(32-30-19)21-6-5-20-17(24(21)27)11-29-33(20)4/h5-6,9-12,15,28H,7-8H2,1-4H3/t15-/m0/s1. The van der Waals surface area contributed by atoms with Gasteiger partial charge < -0.3 is 5.32 Å². The zero-order valence-electron chi connectivity index (χ0n) is 19.8. The number of rotatable bonds is 3. The van der Waals surface area contributed by atoms with Gasteiger partial charge in [0.25, 0.3) is 0 Å². The van der Waals surface area contributed by atoms with Crippen LogP contribution in [0.2, 0.25) is 0 Å². The Hall–Kier alpha value is -3.92. The number of nitrogens with one attached hydrogen (secondary N) is 1. The van der Waals surface area contributed by atoms with Gasteiger partial charge in [0.15, 0.2) is 5.82 Å². The van der Waals surface area contributed by atoms with E-state index in [4.69, 9.17) is 5.10 Å². The molecule has 5 aromatic rings. The summed E-state index contributed by atoms with van der Waals surface area (Å²) in [6, 6.07) is 7.08. The van der Waals surface area contributed by atoms with E-state index < -0.39 is 5.82 Å². The second-order valence-corrected chi connectivity index (χ2v) is 9.09. The van der Waals surface area contributed by atoms with E-state index in [-0.39, 0.29) is 17.5 Å². The summed E-state index contributed by atoms with van der Waals surface area (Å²) in [6.07, 6.45) is 3.97. The molecule has 0 aliphatic carbocycles. The number of nitrogens with zero attached hydrogens (tertiary/aromatic N) is 7. The maximum Gasteiger partial charge on any atom is 0.159 e. The molecule has 1 N–H and O–H groups in total. The third-order valence-electron chi connectivity index (χ3n) is 6.74. The number of aromatic nitrogens is 7. The third-order valence-corrected chi connectivity index (χ3v) is 6.74. The molecule has 8 nitrogen and oxygen atoms in total. The molecule has 0 saturated carbocycles. The Morgan fingerprint density at radius 2 is 1.86 bits per heavy atom. The van der Waals surface area contributed by atoms with E-state index >= 15 is 4.39 Å². The first-order chi connectivity index (χ1) is 16.8. The molecular formula is C25H24F2N8. The summed E-state index contributed by atoms with van der Waals surface area (Å²) in [5.74, 6) is -0.642. The molecule has 1 aliphatic heterocycles. The van der Waals surface area contributed by atoms with Gasteiger partial charge >= 0.3 is 0 Å². The van der Waals surface area contributed by atoms with E-state index in [0.717, 1.165) is 35.6 Å². The van der Waals surface area contributed by atoms with Gasteiger partial charge in [0.1, 0.15) is 22.9 Å². The molecule has 3 aromatic heterocycles. The predicted molar refractivity (Wildman–Crippen MR) is 128 cm³/mol. The van der Waals surface area contributed by atoms with Crippen molar-refractivity contribution in [3.05, 3.63) is 70.7 Å². The summed E-state index contributed by atoms with van der Waals surface area (Å²) in [5.41, 5.74) is 6.11. The van der Waals surface area contributed by atoms with E-state index in [0.29, 0.717) is 27.7 Å². The molecule has 1 aliphatic rings. The molecule has 6 rings (SSSR count). The fraction of sp³-hybridized carbons (Fsp3) is 0.280. The lowest BCUT2D eigenvalue weighted by Gasteiger charge is -2.20. The molecule has 1 atom stereocenters. The molecule has 178 valence electrons. The van der Waals surface area contributed by atoms with Crippen LogP contribution in [0.1, 0.15) is 35.3 Å². The summed E-state index contributed by atoms with van der Waals surface area (Å²) >= 11 is 0. The maximum atomic E-state index is 15.3. The summed E-state index contributed by atoms with van der Waals surface area (Å²) < 4.78 is 34.6. The molecular weight excluding hydrogens is 450 g/mol. The van der Waals surface area contributed by atoms with Crippen molar-refractivity contribution in [3.8, 4) is 22.8 Å². The average Bonchev–Trinajstić information content (AvgIpc) is 3.55. The Morgan fingerprint density at radius 1 is 1.09 bits per heavy atom. The quantitative estimate of drug-likeness (QED) is 0.426. The lowest BCUT2D eigenvalue weighted by Crippen LogP contribution is -2.27. The van der Waals surface area contributed by atoms with Crippen LogP contribution in [-0.2, 0) is 13.5 Å². The van der Waals surface area contributed by atoms with Gasteiger partial charge in [-0.3, -0.25) is 4.68 Å². The van der Waals surface area contributed by atoms with Gasteiger partial charge in [-0.05, 0) is 56.2 Å². The number of hydrogen-bond acceptors (Lipinski definition) is 5. The minimum Gasteiger partial charge on any atom is -0.310 e. The Balaban J connectivity index is 1.54. The van der Waals surface area contributed by atoms with Crippen LogP contribution < -0.4 is 5.32 Å². The second-order valence-electron chi connectivity index (χ2n) is 9.09. The van der Waals surface area contributed by atoms with E-state index in [2.05, 4.69) is 27.7 Å². The number of aryl methyl sites for hydroxylation is 3. The predicted octanol–water partition coefficient (Wildman–Crippen LogP) is 4.11. The van der Waals surface area contributed by atoms with Crippen LogP contribution in [0.4, 0.5) is 8.78 Å². The Morgan fingerprint density at radius 3 is 2.63 bits per heavy atom. The fourth-order valence-electron chi connectivity index (χ4n) is 4.95. The van der Waals surface area contributed by atoms with Crippen LogP contribution in [0.15, 0.2) is 36.7 Å². The fourth-order valence-corrected chi connectivity index (χ4v) is 4.95. The highest BCUT2D eigenvalue weighted by atomic mass is 19.1. The Bertz CT molecular complexity index is 1590. The SMILES string of the molecule is Cc1cc(-n2nc3c(c2-c2cn(-c4ccc5c(cnn5C)c4F)nn2)[C@H](C)NCC3)cc(C)c1F. The number of hydrogen-bond donors (Lipinski definition) is 1. The molecule has 0 bridgehead atoms. The van der Waals surface area contributed by atoms with Gasteiger partial charge in [0.2, 0.25) is 0 Å². The van der Waals surface area contributed by atoms with Crippen LogP contribution in [0.5, 0.6) is 0 Å². The Labute approximate surface area is 200 Å². The van der Waals surface area contributed by atoms with Gasteiger partial charge in [0, 0.05) is 31.6 Å². The third kappa shape index (κ3) is 3.28. The molecule has 10 heteroatoms. The zero-order valence-corrected chi connectivity index (χ0v) is 19.8. The van der Waals surface area contributed by atoms with Crippen LogP contribution in [0.3, 0.4) is 0 Å². The van der Waals surface area contributed by atoms with E-state index in [1.165, 1.54) is 10.9 Å². The molecule has 0 saturated heterocycles. The van der Waals surface area contributed by atoms with Gasteiger partial charge in [-0.2, -0.15) is 10.2 Å². The Kier molecular flexibility index (Phi) is 4.82. The lowest BCUT2D eigenvalue weighted by atomic mass is 9.98. The molecule has 0 radical (unpaired) electrons. The van der Waals surface area contributed by atoms with Gasteiger partial charge in [-0.25, -0.2) is 18.1 Å². The van der Waals surface area contributed by atoms with Crippen molar-refractivity contribution in [2.24, 2.45) is 7.05 Å². The smallest absolute Gasteiger partial charge is 0.159 e. The summed E-state index contributed by atoms with van der Waals surface area (Å²) in [4.78, 5) is 0. The zero-order chi connectivity index (χ0) is 24.4. The van der Waals surface area contributed by atoms with Crippen molar-refractivity contribution in [1.82, 2.24) is 39.9 Å². The monoisotopic (exact) mass is 474 g/mol. The number of benzene rings is 2. The van der Waals surface area contributed by atoms with Crippen LogP contribution in [-0.4, -0.2) is 41.1 Å². The minimum absolute atomic E-state index is 0.0405. The first-order valence-electron chi connectivity index (χ1n) is 11.5. The van der Waals surface area contributed by atoms with Crippen molar-refractivity contribution >= 4 is 10.9 Å². The minimum atomic E-state index is -0.414. The van der Waals surface area contributed by atoms with Gasteiger partial charge in [0.05, 0.1) is 34.7 Å². The summed E-state index contributed by atoms with van der Waals surface area (Å²) in [6.45, 7) is 6.38. The van der Waals surface area contributed by atoms with Crippen molar-refractivity contribution in [1.29, 1.82) is 0 Å². The van der Waals surface area contributed by atoms with Gasteiger partial charge in [-0.1, -0.05) is 5.21 Å². The van der Waals surface area contributed by atoms with Crippen LogP contribution in [0.25, 0.3) is 33.7 Å². The van der Waals surface area contributed by atoms with Crippen molar-refractivity contribution < 1.29 is 8.78 Å². The van der Waals surface area contributed by atoms with Crippen molar-refractivity contribution in [3.63, 3.8) is 0 Å². The highest BCUT2D eigenvalue weighted by Crippen LogP contribution is 2.35. The summed E-state index contributed by atoms with van der Waals surface area (Å²) in [5, 5.41) is 21.6. The summed E-state index contributed by atoms with van der Waals surface area (Å²) in [7, 11) is 1.77. The van der Waals surface area contributed by atoms with E-state index in [1.807, 2.05) is 10.7 Å². The van der Waals surface area contributed by atoms with E-state index in [9.17, 15) is 4.39 Å². The van der Waals surface area contributed by atoms with Crippen molar-refractivity contribution in [2.45, 2.75) is 33.2 Å². The first-order valence-corrected chi connectivity index (χ1v) is 11.5. The molecule has 0 unspecified atom stereocenters. The maximum absolute atomic E-state index is 15.3. The van der Waals surface area contributed by atoms with Crippen LogP contribution >= 0.6 is 0 Å². The molecule has 35 heavy (non-hydrogen) atoms. The molecule has 2 aromatic carbocycles. The van der Waals surface area contributed by atoms with Crippen LogP contribution in [0, 0.1) is 25.5 Å². The first kappa shape index (κ1) is 21.6. The van der Waals surface area contributed by atoms with Gasteiger partial charge in [-0.15, -0.1) is 5.10 Å². The highest BCUT2D eigenvalue weighted by molar-refractivity contribution is 5.81. The second kappa shape index (κ2) is 7.81. The van der Waals surface area contributed by atoms with Crippen molar-refractivity contribution in [2.75, 3.05) is 6.54 Å². The molecule has 0 amide bonds. The van der Waals surface area contributed by atoms with E-state index in [1.54, 1.807) is 50.0 Å². The highest BCUT2D eigenvalue weighted by Gasteiger charge is 2.29. The number of fused-ring (bicyclic) bond motifs is 2. The molecule has 0 fully saturated rings. The largest absolute Gasteiger partial charge is 0.310 e. The number of halogens is 2. The lowest BCUT2D eigenvalue weighted by molar-refractivity contribution is 0.538. The molecule has 0 spiro atoms. The average molecular weight is 475 g/mol. The normalized spacial score (nSPS) is 15.7.